The number of nitrogens with zero attached hydrogens (tertiary/aromatic N) is 3. The summed E-state index contributed by atoms with van der Waals surface area (Å²) < 4.78 is 26.9. The van der Waals surface area contributed by atoms with Crippen LogP contribution in [0.2, 0.25) is 0 Å². The molecule has 10 heteroatoms. The smallest absolute Gasteiger partial charge is 0.269 e. The molecule has 1 aliphatic heterocycles. The zero-order valence-corrected chi connectivity index (χ0v) is 17.4. The highest BCUT2D eigenvalue weighted by Crippen LogP contribution is 2.23. The maximum absolute atomic E-state index is 14.4. The third-order valence-electron chi connectivity index (χ3n) is 5.17. The molecule has 31 heavy (non-hydrogen) atoms. The van der Waals surface area contributed by atoms with Crippen LogP contribution in [0.5, 0.6) is 5.75 Å². The summed E-state index contributed by atoms with van der Waals surface area (Å²) in [5.41, 5.74) is 1.28. The minimum atomic E-state index is -1.05. The molecule has 1 aromatic carbocycles. The lowest BCUT2D eigenvalue weighted by atomic mass is 10.0. The molecule has 0 saturated carbocycles. The Morgan fingerprint density at radius 3 is 2.65 bits per heavy atom. The van der Waals surface area contributed by atoms with Crippen LogP contribution in [-0.2, 0) is 6.54 Å². The molecule has 0 unspecified atom stereocenters. The first-order chi connectivity index (χ1) is 14.7. The Kier molecular flexibility index (Phi) is 6.59. The van der Waals surface area contributed by atoms with Gasteiger partial charge in [0.25, 0.3) is 17.4 Å². The van der Waals surface area contributed by atoms with E-state index in [1.807, 2.05) is 0 Å². The van der Waals surface area contributed by atoms with Gasteiger partial charge in [-0.05, 0) is 38.5 Å². The van der Waals surface area contributed by atoms with Crippen molar-refractivity contribution in [2.75, 3.05) is 13.6 Å². The van der Waals surface area contributed by atoms with Gasteiger partial charge in [0.15, 0.2) is 11.6 Å². The predicted octanol–water partition coefficient (Wildman–Crippen LogP) is 2.74. The van der Waals surface area contributed by atoms with Crippen LogP contribution in [0.1, 0.15) is 37.9 Å². The normalized spacial score (nSPS) is 15.7. The number of aromatic amines is 1. The number of benzene rings is 1. The number of likely N-dealkylation sites (tertiary alicyclic amines) is 1. The Morgan fingerprint density at radius 2 is 2.06 bits per heavy atom. The first kappa shape index (κ1) is 22.3. The highest BCUT2D eigenvalue weighted by molar-refractivity contribution is 5.92. The van der Waals surface area contributed by atoms with Gasteiger partial charge in [-0.1, -0.05) is 6.07 Å². The van der Waals surface area contributed by atoms with Crippen LogP contribution in [-0.4, -0.2) is 50.5 Å². The topological polar surface area (TPSA) is 111 Å². The van der Waals surface area contributed by atoms with Gasteiger partial charge in [0.05, 0.1) is 5.52 Å². The number of H-pyrrole nitrogens is 1. The minimum Gasteiger partial charge on any atom is -0.504 e. The standard InChI is InChI=1S/C14H16FN3O.C7H7FN2O2.2H2/c1-8-5-6-18(8)7-10-3-4-11-13(12(10)15)17-14(19)9(2)16-11;1-9-7(12)4-2-3-5(11)6(8)10-4;;/h3-4,8H,5-7H2,1-2H3,(H,17,19);2-3,11H,1H3,(H,9,12);2*1H/t8-;;;/m1.../s1. The van der Waals surface area contributed by atoms with Gasteiger partial charge in [0, 0.05) is 34.6 Å². The number of rotatable bonds is 3. The number of carbonyl (C=O) groups is 1. The van der Waals surface area contributed by atoms with Gasteiger partial charge < -0.3 is 15.4 Å². The molecule has 0 aliphatic carbocycles. The predicted molar refractivity (Wildman–Crippen MR) is 115 cm³/mol. The van der Waals surface area contributed by atoms with E-state index in [0.29, 0.717) is 29.4 Å². The number of hydrogen-bond donors (Lipinski definition) is 3. The van der Waals surface area contributed by atoms with E-state index in [4.69, 9.17) is 5.11 Å². The molecule has 0 radical (unpaired) electrons. The Hall–Kier alpha value is -3.40. The van der Waals surface area contributed by atoms with Crippen molar-refractivity contribution in [2.45, 2.75) is 32.9 Å². The van der Waals surface area contributed by atoms with Crippen molar-refractivity contribution >= 4 is 16.9 Å². The van der Waals surface area contributed by atoms with Gasteiger partial charge in [-0.15, -0.1) is 0 Å². The number of pyridine rings is 1. The second kappa shape index (κ2) is 9.17. The van der Waals surface area contributed by atoms with Crippen molar-refractivity contribution in [3.63, 3.8) is 0 Å². The Morgan fingerprint density at radius 1 is 1.32 bits per heavy atom. The van der Waals surface area contributed by atoms with E-state index in [2.05, 4.69) is 32.1 Å². The van der Waals surface area contributed by atoms with E-state index >= 15 is 0 Å². The summed E-state index contributed by atoms with van der Waals surface area (Å²) in [4.78, 5) is 34.5. The van der Waals surface area contributed by atoms with Gasteiger partial charge in [0.1, 0.15) is 16.9 Å². The molecular weight excluding hydrogens is 408 g/mol. The van der Waals surface area contributed by atoms with Crippen LogP contribution >= 0.6 is 0 Å². The molecule has 1 amide bonds. The zero-order chi connectivity index (χ0) is 22.7. The van der Waals surface area contributed by atoms with E-state index in [1.165, 1.54) is 13.1 Å². The average molecular weight is 435 g/mol. The number of aromatic hydroxyl groups is 1. The van der Waals surface area contributed by atoms with Crippen LogP contribution in [0.15, 0.2) is 29.1 Å². The quantitative estimate of drug-likeness (QED) is 0.546. The van der Waals surface area contributed by atoms with Crippen LogP contribution < -0.4 is 10.9 Å². The molecule has 8 nitrogen and oxygen atoms in total. The summed E-state index contributed by atoms with van der Waals surface area (Å²) in [6, 6.07) is 6.34. The molecule has 0 spiro atoms. The number of amides is 1. The summed E-state index contributed by atoms with van der Waals surface area (Å²) >= 11 is 0. The molecule has 3 N–H and O–H groups in total. The van der Waals surface area contributed by atoms with E-state index in [1.54, 1.807) is 19.1 Å². The van der Waals surface area contributed by atoms with Crippen LogP contribution in [0.3, 0.4) is 0 Å². The highest BCUT2D eigenvalue weighted by atomic mass is 19.1. The van der Waals surface area contributed by atoms with Gasteiger partial charge in [-0.3, -0.25) is 14.5 Å². The van der Waals surface area contributed by atoms with E-state index in [9.17, 15) is 18.4 Å². The van der Waals surface area contributed by atoms with Crippen molar-refractivity contribution < 1.29 is 21.5 Å². The number of fused-ring (bicyclic) bond motifs is 1. The lowest BCUT2D eigenvalue weighted by Gasteiger charge is -2.38. The summed E-state index contributed by atoms with van der Waals surface area (Å²) in [7, 11) is 1.41. The van der Waals surface area contributed by atoms with Gasteiger partial charge in [-0.25, -0.2) is 14.4 Å². The molecule has 2 aromatic heterocycles. The highest BCUT2D eigenvalue weighted by Gasteiger charge is 2.24. The van der Waals surface area contributed by atoms with Crippen molar-refractivity contribution in [3.05, 3.63) is 63.3 Å². The number of aromatic nitrogens is 3. The Labute approximate surface area is 179 Å². The summed E-state index contributed by atoms with van der Waals surface area (Å²) in [6.07, 6.45) is 1.16. The van der Waals surface area contributed by atoms with Crippen molar-refractivity contribution in [1.29, 1.82) is 0 Å². The number of halogens is 2. The monoisotopic (exact) mass is 435 g/mol. The van der Waals surface area contributed by atoms with E-state index in [0.717, 1.165) is 19.0 Å². The number of aryl methyl sites for hydroxylation is 1. The van der Waals surface area contributed by atoms with E-state index < -0.39 is 17.6 Å². The fourth-order valence-electron chi connectivity index (χ4n) is 3.08. The lowest BCUT2D eigenvalue weighted by molar-refractivity contribution is 0.0946. The molecule has 1 fully saturated rings. The van der Waals surface area contributed by atoms with Crippen LogP contribution in [0.4, 0.5) is 8.78 Å². The first-order valence-electron chi connectivity index (χ1n) is 9.71. The fraction of sp³-hybridized carbons (Fsp3) is 0.333. The molecule has 0 bridgehead atoms. The SMILES string of the molecule is CNC(=O)c1ccc(O)c(F)n1.Cc1nc2ccc(CN3CC[C@H]3C)c(F)c2[nH]c1=O.[HH].[HH]. The third kappa shape index (κ3) is 4.85. The lowest BCUT2D eigenvalue weighted by Crippen LogP contribution is -2.44. The number of carbonyl (C=O) groups excluding carboxylic acids is 1. The molecule has 1 saturated heterocycles. The molecule has 3 aromatic rings. The van der Waals surface area contributed by atoms with E-state index in [-0.39, 0.29) is 25.4 Å². The molecule has 168 valence electrons. The number of hydrogen-bond acceptors (Lipinski definition) is 6. The van der Waals surface area contributed by atoms with Crippen molar-refractivity contribution in [2.24, 2.45) is 0 Å². The summed E-state index contributed by atoms with van der Waals surface area (Å²) in [5, 5.41) is 11.0. The zero-order valence-electron chi connectivity index (χ0n) is 17.4. The average Bonchev–Trinajstić information content (AvgIpc) is 2.75. The summed E-state index contributed by atoms with van der Waals surface area (Å²) in [5.74, 6) is -2.46. The van der Waals surface area contributed by atoms with Crippen molar-refractivity contribution in [3.8, 4) is 5.75 Å². The molecule has 3 heterocycles. The van der Waals surface area contributed by atoms with Crippen molar-refractivity contribution in [1.82, 2.24) is 25.2 Å². The maximum Gasteiger partial charge on any atom is 0.269 e. The second-order valence-corrected chi connectivity index (χ2v) is 7.28. The third-order valence-corrected chi connectivity index (χ3v) is 5.17. The van der Waals surface area contributed by atoms with Gasteiger partial charge >= 0.3 is 0 Å². The van der Waals surface area contributed by atoms with Gasteiger partial charge in [-0.2, -0.15) is 4.39 Å². The Bertz CT molecular complexity index is 1190. The summed E-state index contributed by atoms with van der Waals surface area (Å²) in [6.45, 7) is 5.33. The van der Waals surface area contributed by atoms with Crippen LogP contribution in [0, 0.1) is 18.7 Å². The largest absolute Gasteiger partial charge is 0.504 e. The van der Waals surface area contributed by atoms with Crippen LogP contribution in [0.25, 0.3) is 11.0 Å². The number of nitrogens with one attached hydrogen (secondary N) is 2. The maximum atomic E-state index is 14.4. The second-order valence-electron chi connectivity index (χ2n) is 7.28. The molecule has 1 aliphatic rings. The first-order valence-corrected chi connectivity index (χ1v) is 9.71. The molecular formula is C21H27F2N5O3. The molecule has 1 atom stereocenters. The fourth-order valence-corrected chi connectivity index (χ4v) is 3.08. The molecule has 4 rings (SSSR count). The minimum absolute atomic E-state index is 0. The van der Waals surface area contributed by atoms with Gasteiger partial charge in [0.2, 0.25) is 0 Å². The Balaban J connectivity index is 0.000000342.